The molecule has 1 amide bonds. The van der Waals surface area contributed by atoms with Gasteiger partial charge >= 0.3 is 0 Å². The summed E-state index contributed by atoms with van der Waals surface area (Å²) in [6.07, 6.45) is 0.230. The molecule has 1 saturated heterocycles. The standard InChI is InChI=1S/C23H25N5O4/c29-15-21(30)22(31)25-17-3-1-16(2-4-17)20-9-10-24-23(27-20)26-18-5-7-19(8-6-18)28-11-13-32-14-12-28/h1-10,21,29-30H,11-15H2,(H,25,31)(H,24,26,27). The first kappa shape index (κ1) is 21.7. The van der Waals surface area contributed by atoms with Crippen LogP contribution in [0, 0.1) is 0 Å². The maximum Gasteiger partial charge on any atom is 0.255 e. The predicted octanol–water partition coefficient (Wildman–Crippen LogP) is 2.02. The number of ether oxygens (including phenoxy) is 1. The van der Waals surface area contributed by atoms with E-state index in [1.165, 1.54) is 0 Å². The highest BCUT2D eigenvalue weighted by Crippen LogP contribution is 2.23. The predicted molar refractivity (Wildman–Crippen MR) is 122 cm³/mol. The van der Waals surface area contributed by atoms with Crippen molar-refractivity contribution in [3.05, 3.63) is 60.8 Å². The highest BCUT2D eigenvalue weighted by atomic mass is 16.5. The zero-order valence-corrected chi connectivity index (χ0v) is 17.4. The molecular weight excluding hydrogens is 410 g/mol. The van der Waals surface area contributed by atoms with E-state index in [1.54, 1.807) is 24.4 Å². The van der Waals surface area contributed by atoms with Gasteiger partial charge in [0.2, 0.25) is 5.95 Å². The largest absolute Gasteiger partial charge is 0.393 e. The number of rotatable bonds is 7. The Hall–Kier alpha value is -3.53. The van der Waals surface area contributed by atoms with Crippen molar-refractivity contribution in [3.63, 3.8) is 0 Å². The van der Waals surface area contributed by atoms with Crippen LogP contribution in [0.2, 0.25) is 0 Å². The number of aliphatic hydroxyl groups excluding tert-OH is 2. The Labute approximate surface area is 185 Å². The highest BCUT2D eigenvalue weighted by molar-refractivity contribution is 5.94. The average Bonchev–Trinajstić information content (AvgIpc) is 2.85. The van der Waals surface area contributed by atoms with Gasteiger partial charge in [-0.2, -0.15) is 0 Å². The third-order valence-corrected chi connectivity index (χ3v) is 5.08. The first-order valence-electron chi connectivity index (χ1n) is 10.4. The number of carbonyl (C=O) groups is 1. The van der Waals surface area contributed by atoms with E-state index in [-0.39, 0.29) is 0 Å². The molecule has 9 heteroatoms. The molecule has 166 valence electrons. The molecule has 9 nitrogen and oxygen atoms in total. The third-order valence-electron chi connectivity index (χ3n) is 5.08. The van der Waals surface area contributed by atoms with Crippen molar-refractivity contribution in [2.75, 3.05) is 48.4 Å². The SMILES string of the molecule is O=C(Nc1ccc(-c2ccnc(Nc3ccc(N4CCOCC4)cc3)n2)cc1)C(O)CO. The van der Waals surface area contributed by atoms with Gasteiger partial charge in [0.05, 0.1) is 25.5 Å². The molecule has 0 bridgehead atoms. The lowest BCUT2D eigenvalue weighted by molar-refractivity contribution is -0.125. The Morgan fingerprint density at radius 3 is 2.41 bits per heavy atom. The second-order valence-electron chi connectivity index (χ2n) is 7.30. The summed E-state index contributed by atoms with van der Waals surface area (Å²) < 4.78 is 5.40. The normalized spacial score (nSPS) is 14.6. The molecule has 0 saturated carbocycles. The Balaban J connectivity index is 1.41. The summed E-state index contributed by atoms with van der Waals surface area (Å²) in [4.78, 5) is 22.8. The summed E-state index contributed by atoms with van der Waals surface area (Å²) in [5, 5.41) is 24.0. The van der Waals surface area contributed by atoms with Gasteiger partial charge in [0, 0.05) is 41.9 Å². The molecular formula is C23H25N5O4. The molecule has 0 aliphatic carbocycles. The Kier molecular flexibility index (Phi) is 6.90. The number of amides is 1. The zero-order chi connectivity index (χ0) is 22.3. The van der Waals surface area contributed by atoms with Crippen LogP contribution in [-0.2, 0) is 9.53 Å². The second-order valence-corrected chi connectivity index (χ2v) is 7.30. The lowest BCUT2D eigenvalue weighted by Crippen LogP contribution is -2.36. The van der Waals surface area contributed by atoms with Gasteiger partial charge in [0.15, 0.2) is 6.10 Å². The number of carbonyl (C=O) groups excluding carboxylic acids is 1. The summed E-state index contributed by atoms with van der Waals surface area (Å²) >= 11 is 0. The molecule has 1 atom stereocenters. The molecule has 1 fully saturated rings. The molecule has 3 aromatic rings. The van der Waals surface area contributed by atoms with Crippen LogP contribution in [0.25, 0.3) is 11.3 Å². The fourth-order valence-corrected chi connectivity index (χ4v) is 3.32. The molecule has 1 unspecified atom stereocenters. The fraction of sp³-hybridized carbons (Fsp3) is 0.261. The molecule has 1 aliphatic rings. The third kappa shape index (κ3) is 5.38. The van der Waals surface area contributed by atoms with E-state index in [0.717, 1.165) is 48.9 Å². The number of aliphatic hydroxyl groups is 2. The number of nitrogens with zero attached hydrogens (tertiary/aromatic N) is 3. The summed E-state index contributed by atoms with van der Waals surface area (Å²) in [5.74, 6) is -0.182. The summed E-state index contributed by atoms with van der Waals surface area (Å²) in [6, 6.07) is 17.0. The van der Waals surface area contributed by atoms with Crippen LogP contribution < -0.4 is 15.5 Å². The van der Waals surface area contributed by atoms with Crippen molar-refractivity contribution >= 4 is 28.9 Å². The first-order valence-corrected chi connectivity index (χ1v) is 10.4. The van der Waals surface area contributed by atoms with Crippen LogP contribution in [0.3, 0.4) is 0 Å². The zero-order valence-electron chi connectivity index (χ0n) is 17.4. The van der Waals surface area contributed by atoms with E-state index in [0.29, 0.717) is 11.6 Å². The van der Waals surface area contributed by atoms with Crippen molar-refractivity contribution in [2.24, 2.45) is 0 Å². The van der Waals surface area contributed by atoms with Crippen LogP contribution in [-0.4, -0.2) is 65.1 Å². The van der Waals surface area contributed by atoms with Crippen molar-refractivity contribution in [2.45, 2.75) is 6.10 Å². The number of anilines is 4. The van der Waals surface area contributed by atoms with E-state index >= 15 is 0 Å². The number of morpholine rings is 1. The lowest BCUT2D eigenvalue weighted by Gasteiger charge is -2.28. The van der Waals surface area contributed by atoms with Crippen molar-refractivity contribution in [3.8, 4) is 11.3 Å². The van der Waals surface area contributed by atoms with E-state index in [2.05, 4.69) is 37.6 Å². The maximum absolute atomic E-state index is 11.7. The lowest BCUT2D eigenvalue weighted by atomic mass is 10.1. The van der Waals surface area contributed by atoms with E-state index < -0.39 is 18.6 Å². The maximum atomic E-state index is 11.7. The van der Waals surface area contributed by atoms with Crippen LogP contribution in [0.1, 0.15) is 0 Å². The van der Waals surface area contributed by atoms with Gasteiger partial charge in [0.25, 0.3) is 5.91 Å². The van der Waals surface area contributed by atoms with E-state index in [9.17, 15) is 9.90 Å². The first-order chi connectivity index (χ1) is 15.6. The molecule has 4 rings (SSSR count). The van der Waals surface area contributed by atoms with Crippen LogP contribution in [0.15, 0.2) is 60.8 Å². The molecule has 2 aromatic carbocycles. The van der Waals surface area contributed by atoms with Gasteiger partial charge in [-0.15, -0.1) is 0 Å². The molecule has 0 spiro atoms. The number of aromatic nitrogens is 2. The molecule has 0 radical (unpaired) electrons. The van der Waals surface area contributed by atoms with E-state index in [1.807, 2.05) is 24.3 Å². The Morgan fingerprint density at radius 2 is 1.72 bits per heavy atom. The highest BCUT2D eigenvalue weighted by Gasteiger charge is 2.14. The quantitative estimate of drug-likeness (QED) is 0.445. The minimum absolute atomic E-state index is 0.477. The van der Waals surface area contributed by atoms with Gasteiger partial charge in [-0.25, -0.2) is 9.97 Å². The van der Waals surface area contributed by atoms with Crippen LogP contribution in [0.4, 0.5) is 23.0 Å². The number of hydrogen-bond acceptors (Lipinski definition) is 8. The number of hydrogen-bond donors (Lipinski definition) is 4. The van der Waals surface area contributed by atoms with Crippen molar-refractivity contribution in [1.82, 2.24) is 9.97 Å². The second kappa shape index (κ2) is 10.2. The van der Waals surface area contributed by atoms with Gasteiger partial charge in [-0.1, -0.05) is 12.1 Å². The molecule has 4 N–H and O–H groups in total. The topological polar surface area (TPSA) is 120 Å². The monoisotopic (exact) mass is 435 g/mol. The Morgan fingerprint density at radius 1 is 1.03 bits per heavy atom. The average molecular weight is 435 g/mol. The summed E-state index contributed by atoms with van der Waals surface area (Å²) in [7, 11) is 0. The van der Waals surface area contributed by atoms with E-state index in [4.69, 9.17) is 9.84 Å². The number of nitrogens with one attached hydrogen (secondary N) is 2. The van der Waals surface area contributed by atoms with Gasteiger partial charge in [-0.3, -0.25) is 4.79 Å². The number of benzene rings is 2. The fourth-order valence-electron chi connectivity index (χ4n) is 3.32. The van der Waals surface area contributed by atoms with Gasteiger partial charge in [0.1, 0.15) is 0 Å². The Bertz CT molecular complexity index is 1040. The van der Waals surface area contributed by atoms with Gasteiger partial charge in [-0.05, 0) is 42.5 Å². The summed E-state index contributed by atoms with van der Waals surface area (Å²) in [6.45, 7) is 2.65. The van der Waals surface area contributed by atoms with Crippen molar-refractivity contribution in [1.29, 1.82) is 0 Å². The van der Waals surface area contributed by atoms with Crippen LogP contribution in [0.5, 0.6) is 0 Å². The van der Waals surface area contributed by atoms with Crippen LogP contribution >= 0.6 is 0 Å². The minimum atomic E-state index is -1.45. The molecule has 32 heavy (non-hydrogen) atoms. The van der Waals surface area contributed by atoms with Gasteiger partial charge < -0.3 is 30.5 Å². The smallest absolute Gasteiger partial charge is 0.255 e. The summed E-state index contributed by atoms with van der Waals surface area (Å²) in [5.41, 5.74) is 4.13. The molecule has 1 aliphatic heterocycles. The van der Waals surface area contributed by atoms with Crippen molar-refractivity contribution < 1.29 is 19.7 Å². The minimum Gasteiger partial charge on any atom is -0.393 e. The molecule has 1 aromatic heterocycles. The molecule has 2 heterocycles.